The molecular weight excluding hydrogens is 395 g/mol. The predicted molar refractivity (Wildman–Crippen MR) is 106 cm³/mol. The number of benzene rings is 2. The molecule has 0 aliphatic carbocycles. The number of hydrogen-bond acceptors (Lipinski definition) is 4. The van der Waals surface area contributed by atoms with E-state index in [-0.39, 0.29) is 31.3 Å². The molecule has 1 saturated heterocycles. The fourth-order valence-corrected chi connectivity index (χ4v) is 3.64. The number of amides is 1. The Morgan fingerprint density at radius 1 is 1.17 bits per heavy atom. The molecule has 1 amide bonds. The number of nitrogens with zero attached hydrogens (tertiary/aromatic N) is 3. The van der Waals surface area contributed by atoms with E-state index in [0.717, 1.165) is 23.3 Å². The maximum absolute atomic E-state index is 13.3. The van der Waals surface area contributed by atoms with Crippen LogP contribution in [0.25, 0.3) is 0 Å². The van der Waals surface area contributed by atoms with Gasteiger partial charge in [-0.15, -0.1) is 0 Å². The summed E-state index contributed by atoms with van der Waals surface area (Å²) >= 11 is 0. The van der Waals surface area contributed by atoms with Gasteiger partial charge < -0.3 is 14.9 Å². The van der Waals surface area contributed by atoms with Crippen LogP contribution >= 0.6 is 0 Å². The highest BCUT2D eigenvalue weighted by Gasteiger charge is 2.36. The summed E-state index contributed by atoms with van der Waals surface area (Å²) in [6, 6.07) is 9.96. The van der Waals surface area contributed by atoms with Crippen LogP contribution in [0.5, 0.6) is 0 Å². The highest BCUT2D eigenvalue weighted by atomic mass is 19.4. The number of aliphatic hydroxyl groups excluding tert-OH is 1. The zero-order valence-electron chi connectivity index (χ0n) is 16.7. The summed E-state index contributed by atoms with van der Waals surface area (Å²) in [6.45, 7) is 4.32. The molecule has 1 heterocycles. The van der Waals surface area contributed by atoms with Crippen LogP contribution in [0.4, 0.5) is 18.9 Å². The molecule has 2 aromatic carbocycles. The number of alkyl halides is 3. The van der Waals surface area contributed by atoms with Crippen molar-refractivity contribution in [3.8, 4) is 6.07 Å². The summed E-state index contributed by atoms with van der Waals surface area (Å²) in [6.07, 6.45) is -4.66. The first-order chi connectivity index (χ1) is 14.2. The van der Waals surface area contributed by atoms with Gasteiger partial charge in [-0.2, -0.15) is 18.4 Å². The number of aryl methyl sites for hydroxylation is 2. The number of carbonyl (C=O) groups is 1. The topological polar surface area (TPSA) is 67.6 Å². The van der Waals surface area contributed by atoms with Gasteiger partial charge in [0.2, 0.25) is 0 Å². The lowest BCUT2D eigenvalue weighted by molar-refractivity contribution is -0.137. The molecule has 1 aliphatic rings. The van der Waals surface area contributed by atoms with Crippen molar-refractivity contribution in [3.63, 3.8) is 0 Å². The van der Waals surface area contributed by atoms with E-state index in [4.69, 9.17) is 5.26 Å². The van der Waals surface area contributed by atoms with Gasteiger partial charge in [0.1, 0.15) is 0 Å². The average Bonchev–Trinajstić information content (AvgIpc) is 2.73. The summed E-state index contributed by atoms with van der Waals surface area (Å²) in [5, 5.41) is 18.8. The Hall–Kier alpha value is -3.05. The zero-order chi connectivity index (χ0) is 22.1. The number of piperazine rings is 1. The van der Waals surface area contributed by atoms with E-state index in [2.05, 4.69) is 0 Å². The number of rotatable bonds is 3. The minimum atomic E-state index is -4.66. The fraction of sp³-hybridized carbons (Fsp3) is 0.364. The number of hydrogen-bond donors (Lipinski definition) is 1. The van der Waals surface area contributed by atoms with Gasteiger partial charge in [0.15, 0.2) is 0 Å². The minimum absolute atomic E-state index is 0.174. The summed E-state index contributed by atoms with van der Waals surface area (Å²) in [4.78, 5) is 16.1. The van der Waals surface area contributed by atoms with Crippen LogP contribution in [0.2, 0.25) is 0 Å². The number of nitriles is 1. The maximum Gasteiger partial charge on any atom is 0.417 e. The molecule has 1 aliphatic heterocycles. The predicted octanol–water partition coefficient (Wildman–Crippen LogP) is 3.52. The monoisotopic (exact) mass is 417 g/mol. The van der Waals surface area contributed by atoms with Gasteiger partial charge in [0.25, 0.3) is 5.91 Å². The van der Waals surface area contributed by atoms with Crippen molar-refractivity contribution in [3.05, 3.63) is 64.2 Å². The van der Waals surface area contributed by atoms with E-state index in [1.807, 2.05) is 26.0 Å². The van der Waals surface area contributed by atoms with E-state index >= 15 is 0 Å². The van der Waals surface area contributed by atoms with E-state index in [1.165, 1.54) is 6.07 Å². The Balaban J connectivity index is 1.83. The van der Waals surface area contributed by atoms with Crippen LogP contribution in [0, 0.1) is 25.2 Å². The summed E-state index contributed by atoms with van der Waals surface area (Å²) in [7, 11) is 0. The summed E-state index contributed by atoms with van der Waals surface area (Å²) in [5.41, 5.74) is 1.42. The first-order valence-corrected chi connectivity index (χ1v) is 9.51. The summed E-state index contributed by atoms with van der Waals surface area (Å²) < 4.78 is 39.9. The molecule has 8 heteroatoms. The number of aliphatic hydroxyl groups is 1. The van der Waals surface area contributed by atoms with Crippen molar-refractivity contribution in [1.82, 2.24) is 4.90 Å². The zero-order valence-corrected chi connectivity index (χ0v) is 16.7. The van der Waals surface area contributed by atoms with E-state index in [0.29, 0.717) is 12.1 Å². The molecule has 1 unspecified atom stereocenters. The van der Waals surface area contributed by atoms with Gasteiger partial charge >= 0.3 is 6.18 Å². The molecule has 0 saturated carbocycles. The number of anilines is 1. The van der Waals surface area contributed by atoms with Gasteiger partial charge in [-0.25, -0.2) is 0 Å². The molecular formula is C22H22F3N3O2. The third-order valence-electron chi connectivity index (χ3n) is 5.50. The van der Waals surface area contributed by atoms with Crippen LogP contribution in [0.1, 0.15) is 32.6 Å². The lowest BCUT2D eigenvalue weighted by Gasteiger charge is -2.42. The van der Waals surface area contributed by atoms with Gasteiger partial charge in [-0.05, 0) is 55.3 Å². The molecule has 1 N–H and O–H groups in total. The van der Waals surface area contributed by atoms with Crippen molar-refractivity contribution in [2.75, 3.05) is 31.1 Å². The molecule has 1 fully saturated rings. The van der Waals surface area contributed by atoms with E-state index < -0.39 is 23.3 Å². The second-order valence-electron chi connectivity index (χ2n) is 7.42. The second kappa shape index (κ2) is 8.36. The summed E-state index contributed by atoms with van der Waals surface area (Å²) in [5.74, 6) is -0.174. The number of carbonyl (C=O) groups excluding carboxylic acids is 1. The van der Waals surface area contributed by atoms with Gasteiger partial charge in [0, 0.05) is 30.9 Å². The Bertz CT molecular complexity index is 998. The lowest BCUT2D eigenvalue weighted by Crippen LogP contribution is -2.56. The van der Waals surface area contributed by atoms with E-state index in [1.54, 1.807) is 21.9 Å². The van der Waals surface area contributed by atoms with Crippen molar-refractivity contribution in [1.29, 1.82) is 5.26 Å². The highest BCUT2D eigenvalue weighted by Crippen LogP contribution is 2.35. The van der Waals surface area contributed by atoms with Crippen LogP contribution in [0.15, 0.2) is 36.4 Å². The van der Waals surface area contributed by atoms with E-state index in [9.17, 15) is 23.1 Å². The van der Waals surface area contributed by atoms with Crippen LogP contribution < -0.4 is 4.90 Å². The number of halogens is 3. The normalized spacial score (nSPS) is 17.0. The van der Waals surface area contributed by atoms with Crippen LogP contribution in [0.3, 0.4) is 0 Å². The average molecular weight is 417 g/mol. The first kappa shape index (κ1) is 21.7. The molecule has 2 aromatic rings. The maximum atomic E-state index is 13.3. The van der Waals surface area contributed by atoms with Gasteiger partial charge in [-0.3, -0.25) is 4.79 Å². The molecule has 0 radical (unpaired) electrons. The quantitative estimate of drug-likeness (QED) is 0.830. The Kier molecular flexibility index (Phi) is 6.04. The van der Waals surface area contributed by atoms with Crippen LogP contribution in [-0.4, -0.2) is 48.2 Å². The van der Waals surface area contributed by atoms with Crippen molar-refractivity contribution in [2.45, 2.75) is 26.1 Å². The fourth-order valence-electron chi connectivity index (χ4n) is 3.64. The minimum Gasteiger partial charge on any atom is -0.394 e. The molecule has 0 spiro atoms. The van der Waals surface area contributed by atoms with Crippen molar-refractivity contribution < 1.29 is 23.1 Å². The smallest absolute Gasteiger partial charge is 0.394 e. The standard InChI is InChI=1S/C22H22F3N3O2/c1-14-3-4-16(9-15(14)2)21(30)27-7-8-28(19(12-27)13-29)18-6-5-17(11-26)20(10-18)22(23,24)25/h3-6,9-10,19,29H,7-8,12-13H2,1-2H3. The Morgan fingerprint density at radius 3 is 2.50 bits per heavy atom. The molecule has 3 rings (SSSR count). The molecule has 0 aromatic heterocycles. The third-order valence-corrected chi connectivity index (χ3v) is 5.50. The molecule has 158 valence electrons. The van der Waals surface area contributed by atoms with Crippen molar-refractivity contribution >= 4 is 11.6 Å². The SMILES string of the molecule is Cc1ccc(C(=O)N2CCN(c3ccc(C#N)c(C(F)(F)F)c3)C(CO)C2)cc1C. The molecule has 30 heavy (non-hydrogen) atoms. The molecule has 0 bridgehead atoms. The van der Waals surface area contributed by atoms with Gasteiger partial charge in [-0.1, -0.05) is 6.07 Å². The van der Waals surface area contributed by atoms with Crippen LogP contribution in [-0.2, 0) is 6.18 Å². The highest BCUT2D eigenvalue weighted by molar-refractivity contribution is 5.94. The molecule has 1 atom stereocenters. The van der Waals surface area contributed by atoms with Crippen molar-refractivity contribution in [2.24, 2.45) is 0 Å². The second-order valence-corrected chi connectivity index (χ2v) is 7.42. The Morgan fingerprint density at radius 2 is 1.90 bits per heavy atom. The first-order valence-electron chi connectivity index (χ1n) is 9.51. The lowest BCUT2D eigenvalue weighted by atomic mass is 10.0. The molecule has 5 nitrogen and oxygen atoms in total. The largest absolute Gasteiger partial charge is 0.417 e. The third kappa shape index (κ3) is 4.26. The Labute approximate surface area is 172 Å². The van der Waals surface area contributed by atoms with Gasteiger partial charge in [0.05, 0.1) is 29.8 Å².